The molecule has 7 aliphatic heterocycles. The Morgan fingerprint density at radius 3 is 0.627 bits per heavy atom. The van der Waals surface area contributed by atoms with E-state index in [4.69, 9.17) is 33.2 Å². The molecule has 0 bridgehead atoms. The van der Waals surface area contributed by atoms with Gasteiger partial charge in [0, 0.05) is 297 Å². The topological polar surface area (TPSA) is 209 Å². The van der Waals surface area contributed by atoms with Crippen molar-refractivity contribution in [3.63, 3.8) is 0 Å². The van der Waals surface area contributed by atoms with Crippen LogP contribution < -0.4 is 21.3 Å². The van der Waals surface area contributed by atoms with E-state index in [2.05, 4.69) is 371 Å². The fourth-order valence-corrected chi connectivity index (χ4v) is 16.2. The molecule has 0 atom stereocenters. The van der Waals surface area contributed by atoms with Crippen molar-refractivity contribution in [3.8, 4) is 0 Å². The Hall–Kier alpha value is -2.47. The van der Waals surface area contributed by atoms with Gasteiger partial charge in [-0.15, -0.1) is 0 Å². The number of hydrogen-bond donors (Lipinski definition) is 4. The Bertz CT molecular complexity index is 2990. The van der Waals surface area contributed by atoms with Gasteiger partial charge in [0.1, 0.15) is 0 Å². The third kappa shape index (κ3) is 84.2. The summed E-state index contributed by atoms with van der Waals surface area (Å²) in [6, 6.07) is 0. The van der Waals surface area contributed by atoms with Crippen molar-refractivity contribution >= 4 is 17.7 Å². The lowest BCUT2D eigenvalue weighted by Crippen LogP contribution is -2.54. The average Bonchev–Trinajstić information content (AvgIpc) is 0.856. The molecule has 142 heavy (non-hydrogen) atoms. The van der Waals surface area contributed by atoms with E-state index in [0.29, 0.717) is 36.7 Å². The summed E-state index contributed by atoms with van der Waals surface area (Å²) in [5.41, 5.74) is 1.40. The number of nitrogens with one attached hydrogen (secondary N) is 4. The summed E-state index contributed by atoms with van der Waals surface area (Å²) in [6.45, 7) is 142. The fourth-order valence-electron chi connectivity index (χ4n) is 16.2. The first-order chi connectivity index (χ1) is 64.8. The Labute approximate surface area is 878 Å². The minimum Gasteiger partial charge on any atom is -0.375 e. The molecule has 0 radical (unpaired) electrons. The second kappa shape index (κ2) is 66.5. The van der Waals surface area contributed by atoms with Gasteiger partial charge in [-0.25, -0.2) is 0 Å². The van der Waals surface area contributed by atoms with Crippen LogP contribution in [0.5, 0.6) is 0 Å². The minimum absolute atomic E-state index is 0.0120. The van der Waals surface area contributed by atoms with Crippen LogP contribution in [0.4, 0.5) is 0 Å². The van der Waals surface area contributed by atoms with Crippen LogP contribution in [0.15, 0.2) is 0 Å². The molecule has 28 heteroatoms. The fraction of sp³-hybridized carbons (Fsp3) is 0.974. The number of amides is 3. The SMILES string of the molecule is CC(C)(C)CCC(=O)N1CCN(CCOC(C)(C)C)CC1.CC(C)(C)CCC(=O)N1CCN(CCOC(C)(C)C)CC1.CC(C)(C)CNC(=O)CN1CCN(CCOC(C)(C)C)CC1.CC(C)(C)NCCCN1CCN(CCOC(C)(C)C)CC1.CC(C)(C)NCCN1CCN(C(C)(C)C)CC1.CC(C)(C)NCCN1CCN(CCOC(C)(C)C)CC1.CC(C)(C)OCCN1CCN(CCOC(C)(C)C)CC1. The molecule has 4 N–H and O–H groups in total. The molecule has 7 saturated heterocycles. The smallest absolute Gasteiger partial charge is 0.234 e. The van der Waals surface area contributed by atoms with Crippen molar-refractivity contribution in [1.29, 1.82) is 0 Å². The standard InChI is InChI=1S/C17H35N3O2.C17H37N3O.2C17H34N2O2.C16H35N3O.C16H34N2O2.C14H31N3/c1-16(2,3)14-18-15(21)13-20-9-7-19(8-10-20)11-12-22-17(4,5)6;1-16(2,3)18-8-7-9-19-10-12-20(13-11-19)14-15-21-17(4,5)6;2*1-16(2,3)8-7-15(20)19-11-9-18(10-12-19)13-14-21-17(4,5)6;1-15(2,3)17-7-8-18-9-11-19(12-10-18)13-14-20-16(4,5)6;1-15(2,3)19-13-11-17-7-9-18(10-8-17)12-14-20-16(4,5)6;1-13(2,3)15-7-8-16-9-11-17(12-10-16)14(4,5)6/h7-14H2,1-6H3,(H,18,21);18H,7-15H2,1-6H3;2*7-14H2,1-6H3;17H,7-14H2,1-6H3;7-14H2,1-6H3;15H,7-12H2,1-6H3. The van der Waals surface area contributed by atoms with Crippen molar-refractivity contribution < 1.29 is 47.5 Å². The van der Waals surface area contributed by atoms with Crippen molar-refractivity contribution in [3.05, 3.63) is 0 Å². The van der Waals surface area contributed by atoms with Gasteiger partial charge in [0.25, 0.3) is 0 Å². The summed E-state index contributed by atoms with van der Waals surface area (Å²) in [7, 11) is 0. The lowest BCUT2D eigenvalue weighted by molar-refractivity contribution is -0.134. The number of ether oxygens (including phenoxy) is 7. The van der Waals surface area contributed by atoms with Gasteiger partial charge in [0.05, 0.1) is 92.0 Å². The molecule has 7 rings (SSSR count). The number of carbonyl (C=O) groups excluding carboxylic acids is 3. The van der Waals surface area contributed by atoms with E-state index in [9.17, 15) is 14.4 Å². The molecule has 0 unspecified atom stereocenters. The quantitative estimate of drug-likeness (QED) is 0.0424. The highest BCUT2D eigenvalue weighted by molar-refractivity contribution is 5.78. The molecule has 0 aromatic rings. The third-order valence-corrected chi connectivity index (χ3v) is 25.1. The van der Waals surface area contributed by atoms with Crippen LogP contribution in [0.1, 0.15) is 323 Å². The van der Waals surface area contributed by atoms with Gasteiger partial charge < -0.3 is 69.1 Å². The molecule has 28 nitrogen and oxygen atoms in total. The molecular weight excluding hydrogens is 1780 g/mol. The van der Waals surface area contributed by atoms with Crippen LogP contribution in [0, 0.1) is 16.2 Å². The third-order valence-electron chi connectivity index (χ3n) is 25.1. The van der Waals surface area contributed by atoms with Crippen LogP contribution >= 0.6 is 0 Å². The zero-order valence-electron chi connectivity index (χ0n) is 102. The van der Waals surface area contributed by atoms with Crippen LogP contribution in [-0.4, -0.2) is 475 Å². The van der Waals surface area contributed by atoms with Crippen LogP contribution in [-0.2, 0) is 47.5 Å². The molecule has 846 valence electrons. The highest BCUT2D eigenvalue weighted by atomic mass is 16.5. The molecule has 0 spiro atoms. The molecule has 7 heterocycles. The summed E-state index contributed by atoms with van der Waals surface area (Å²) < 4.78 is 40.5. The van der Waals surface area contributed by atoms with Crippen molar-refractivity contribution in [2.45, 2.75) is 384 Å². The predicted molar refractivity (Wildman–Crippen MR) is 603 cm³/mol. The number of nitrogens with zero attached hydrogens (tertiary/aromatic N) is 14. The first kappa shape index (κ1) is 138. The molecule has 0 saturated carbocycles. The largest absolute Gasteiger partial charge is 0.375 e. The van der Waals surface area contributed by atoms with Gasteiger partial charge in [0.2, 0.25) is 17.7 Å². The molecule has 3 amide bonds. The maximum Gasteiger partial charge on any atom is 0.234 e. The Morgan fingerprint density at radius 2 is 0.423 bits per heavy atom. The number of rotatable bonds is 38. The highest BCUT2D eigenvalue weighted by Crippen LogP contribution is 2.25. The predicted octanol–water partition coefficient (Wildman–Crippen LogP) is 15.2. The van der Waals surface area contributed by atoms with Gasteiger partial charge in [0.15, 0.2) is 0 Å². The van der Waals surface area contributed by atoms with Crippen LogP contribution in [0.3, 0.4) is 0 Å². The van der Waals surface area contributed by atoms with Crippen molar-refractivity contribution in [1.82, 2.24) is 89.9 Å². The summed E-state index contributed by atoms with van der Waals surface area (Å²) in [5, 5.41) is 13.7. The second-order valence-electron chi connectivity index (χ2n) is 55.7. The average molecular weight is 2020 g/mol. The van der Waals surface area contributed by atoms with Crippen LogP contribution in [0.25, 0.3) is 0 Å². The summed E-state index contributed by atoms with van der Waals surface area (Å²) >= 11 is 0. The zero-order chi connectivity index (χ0) is 108. The van der Waals surface area contributed by atoms with Gasteiger partial charge in [-0.1, -0.05) is 62.3 Å². The van der Waals surface area contributed by atoms with Gasteiger partial charge >= 0.3 is 0 Å². The first-order valence-electron chi connectivity index (χ1n) is 56.1. The number of hydrogen-bond acceptors (Lipinski definition) is 25. The Kier molecular flexibility index (Phi) is 64.4. The monoisotopic (exact) mass is 2020 g/mol. The zero-order valence-corrected chi connectivity index (χ0v) is 102. The van der Waals surface area contributed by atoms with E-state index < -0.39 is 0 Å². The normalized spacial score (nSPS) is 19.0. The number of piperazine rings is 7. The highest BCUT2D eigenvalue weighted by Gasteiger charge is 2.31. The van der Waals surface area contributed by atoms with E-state index in [1.165, 1.54) is 98.0 Å². The maximum atomic E-state index is 12.2. The molecule has 7 aliphatic rings. The van der Waals surface area contributed by atoms with Crippen LogP contribution in [0.2, 0.25) is 0 Å². The number of carbonyl (C=O) groups is 3. The lowest BCUT2D eigenvalue weighted by atomic mass is 9.90. The van der Waals surface area contributed by atoms with E-state index >= 15 is 0 Å². The van der Waals surface area contributed by atoms with E-state index in [1.54, 1.807) is 0 Å². The lowest BCUT2D eigenvalue weighted by Gasteiger charge is -2.42. The molecular formula is C114H240N18O10. The maximum absolute atomic E-state index is 12.2. The molecule has 0 aromatic heterocycles. The molecule has 0 aliphatic carbocycles. The Morgan fingerprint density at radius 1 is 0.225 bits per heavy atom. The van der Waals surface area contributed by atoms with E-state index in [1.807, 2.05) is 9.80 Å². The molecule has 0 aromatic carbocycles. The minimum atomic E-state index is -0.0647. The van der Waals surface area contributed by atoms with E-state index in [0.717, 1.165) is 242 Å². The van der Waals surface area contributed by atoms with Crippen molar-refractivity contribution in [2.24, 2.45) is 16.2 Å². The van der Waals surface area contributed by atoms with Crippen molar-refractivity contribution in [2.75, 3.05) is 328 Å². The second-order valence-corrected chi connectivity index (χ2v) is 55.7. The molecule has 7 fully saturated rings. The summed E-state index contributed by atoms with van der Waals surface area (Å²) in [4.78, 5) is 70.1. The van der Waals surface area contributed by atoms with E-state index in [-0.39, 0.29) is 78.0 Å². The summed E-state index contributed by atoms with van der Waals surface area (Å²) in [6.07, 6.45) is 4.52. The first-order valence-corrected chi connectivity index (χ1v) is 56.1. The van der Waals surface area contributed by atoms with Gasteiger partial charge in [-0.05, 0) is 277 Å². The summed E-state index contributed by atoms with van der Waals surface area (Å²) in [5.74, 6) is 0.769. The van der Waals surface area contributed by atoms with Gasteiger partial charge in [-0.3, -0.25) is 68.3 Å². The Balaban J connectivity index is 0.000000829. The van der Waals surface area contributed by atoms with Gasteiger partial charge in [-0.2, -0.15) is 0 Å².